The lowest BCUT2D eigenvalue weighted by molar-refractivity contribution is -0.197. The van der Waals surface area contributed by atoms with Crippen molar-refractivity contribution < 1.29 is 14.6 Å². The van der Waals surface area contributed by atoms with E-state index in [4.69, 9.17) is 5.11 Å². The zero-order valence-electron chi connectivity index (χ0n) is 6.71. The van der Waals surface area contributed by atoms with Crippen molar-refractivity contribution in [1.29, 1.82) is 0 Å². The molecule has 0 bridgehead atoms. The first-order chi connectivity index (χ1) is 4.41. The molecule has 10 heavy (non-hydrogen) atoms. The van der Waals surface area contributed by atoms with Crippen molar-refractivity contribution in [2.75, 3.05) is 21.2 Å². The van der Waals surface area contributed by atoms with Gasteiger partial charge in [0.05, 0.1) is 0 Å². The van der Waals surface area contributed by atoms with Gasteiger partial charge in [-0.05, 0) is 6.92 Å². The Labute approximate surface area is 60.4 Å². The fourth-order valence-electron chi connectivity index (χ4n) is 0.502. The fourth-order valence-corrected chi connectivity index (χ4v) is 0.502. The summed E-state index contributed by atoms with van der Waals surface area (Å²) in [6.07, 6.45) is 0. The molecule has 0 aromatic rings. The van der Waals surface area contributed by atoms with Gasteiger partial charge in [0.1, 0.15) is 0 Å². The second-order valence-corrected chi connectivity index (χ2v) is 2.39. The summed E-state index contributed by atoms with van der Waals surface area (Å²) in [5, 5.41) is 9.15. The summed E-state index contributed by atoms with van der Waals surface area (Å²) in [5.41, 5.74) is 0. The van der Waals surface area contributed by atoms with Crippen LogP contribution in [-0.2, 0) is 9.53 Å². The molecule has 60 valence electrons. The monoisotopic (exact) mass is 147 g/mol. The van der Waals surface area contributed by atoms with Gasteiger partial charge in [-0.3, -0.25) is 4.79 Å². The summed E-state index contributed by atoms with van der Waals surface area (Å²) < 4.78 is 4.53. The van der Waals surface area contributed by atoms with Crippen LogP contribution in [0.1, 0.15) is 6.92 Å². The van der Waals surface area contributed by atoms with E-state index in [0.29, 0.717) is 0 Å². The molecule has 0 aliphatic heterocycles. The van der Waals surface area contributed by atoms with Crippen molar-refractivity contribution in [2.45, 2.75) is 12.7 Å². The summed E-state index contributed by atoms with van der Waals surface area (Å²) in [4.78, 5) is 12.2. The van der Waals surface area contributed by atoms with Crippen LogP contribution in [0.25, 0.3) is 0 Å². The average molecular weight is 147 g/mol. The van der Waals surface area contributed by atoms with Gasteiger partial charge in [-0.1, -0.05) is 0 Å². The van der Waals surface area contributed by atoms with Crippen molar-refractivity contribution in [1.82, 2.24) is 4.90 Å². The molecule has 1 unspecified atom stereocenters. The highest BCUT2D eigenvalue weighted by Crippen LogP contribution is 2.05. The molecular formula is C6H13NO3. The molecule has 1 atom stereocenters. The van der Waals surface area contributed by atoms with Crippen LogP contribution in [0.5, 0.6) is 0 Å². The maximum atomic E-state index is 10.9. The molecule has 1 N–H and O–H groups in total. The van der Waals surface area contributed by atoms with E-state index in [0.717, 1.165) is 0 Å². The van der Waals surface area contributed by atoms with E-state index in [1.165, 1.54) is 18.9 Å². The van der Waals surface area contributed by atoms with E-state index in [-0.39, 0.29) is 0 Å². The molecule has 0 aromatic heterocycles. The average Bonchev–Trinajstić information content (AvgIpc) is 1.86. The number of carbonyl (C=O) groups is 1. The van der Waals surface area contributed by atoms with Gasteiger partial charge < -0.3 is 14.7 Å². The third kappa shape index (κ3) is 1.97. The van der Waals surface area contributed by atoms with Crippen LogP contribution < -0.4 is 0 Å². The molecule has 0 aliphatic carbocycles. The number of nitrogens with zero attached hydrogens (tertiary/aromatic N) is 1. The zero-order valence-corrected chi connectivity index (χ0v) is 6.71. The molecule has 0 heterocycles. The fraction of sp³-hybridized carbons (Fsp3) is 0.833. The number of methoxy groups -OCH3 is 1. The van der Waals surface area contributed by atoms with Crippen molar-refractivity contribution in [3.05, 3.63) is 0 Å². The van der Waals surface area contributed by atoms with Crippen molar-refractivity contribution in [3.8, 4) is 0 Å². The smallest absolute Gasteiger partial charge is 0.281 e. The van der Waals surface area contributed by atoms with Gasteiger partial charge in [0.25, 0.3) is 5.91 Å². The Bertz CT molecular complexity index is 131. The number of hydrogen-bond acceptors (Lipinski definition) is 3. The number of likely N-dealkylation sites (N-methyl/N-ethyl adjacent to an activating group) is 1. The van der Waals surface area contributed by atoms with Crippen molar-refractivity contribution >= 4 is 5.91 Å². The molecule has 4 nitrogen and oxygen atoms in total. The molecule has 0 saturated heterocycles. The maximum Gasteiger partial charge on any atom is 0.281 e. The van der Waals surface area contributed by atoms with Crippen LogP contribution in [0.15, 0.2) is 0 Å². The topological polar surface area (TPSA) is 49.8 Å². The van der Waals surface area contributed by atoms with Crippen molar-refractivity contribution in [2.24, 2.45) is 0 Å². The van der Waals surface area contributed by atoms with E-state index < -0.39 is 11.7 Å². The third-order valence-electron chi connectivity index (χ3n) is 1.20. The minimum Gasteiger partial charge on any atom is -0.358 e. The van der Waals surface area contributed by atoms with E-state index in [1.807, 2.05) is 0 Å². The van der Waals surface area contributed by atoms with Crippen LogP contribution in [0.3, 0.4) is 0 Å². The molecule has 1 amide bonds. The van der Waals surface area contributed by atoms with Gasteiger partial charge in [-0.2, -0.15) is 0 Å². The van der Waals surface area contributed by atoms with Gasteiger partial charge >= 0.3 is 0 Å². The van der Waals surface area contributed by atoms with Crippen LogP contribution in [0.4, 0.5) is 0 Å². The standard InChI is InChI=1S/C6H13NO3/c1-6(9,10-4)5(8)7(2)3/h9H,1-4H3. The van der Waals surface area contributed by atoms with Gasteiger partial charge in [0, 0.05) is 21.2 Å². The molecule has 0 aromatic carbocycles. The molecule has 0 rings (SSSR count). The Morgan fingerprint density at radius 3 is 2.10 bits per heavy atom. The Kier molecular flexibility index (Phi) is 2.80. The maximum absolute atomic E-state index is 10.9. The summed E-state index contributed by atoms with van der Waals surface area (Å²) >= 11 is 0. The Hall–Kier alpha value is -0.610. The van der Waals surface area contributed by atoms with Crippen LogP contribution in [-0.4, -0.2) is 42.9 Å². The predicted molar refractivity (Wildman–Crippen MR) is 36.3 cm³/mol. The predicted octanol–water partition coefficient (Wildman–Crippen LogP) is -0.571. The van der Waals surface area contributed by atoms with Gasteiger partial charge in [0.15, 0.2) is 0 Å². The van der Waals surface area contributed by atoms with Gasteiger partial charge in [-0.15, -0.1) is 0 Å². The van der Waals surface area contributed by atoms with Crippen molar-refractivity contribution in [3.63, 3.8) is 0 Å². The molecule has 0 fully saturated rings. The SMILES string of the molecule is COC(C)(O)C(=O)N(C)C. The van der Waals surface area contributed by atoms with E-state index in [2.05, 4.69) is 4.74 Å². The summed E-state index contributed by atoms with van der Waals surface area (Å²) in [6.45, 7) is 1.30. The molecule has 0 radical (unpaired) electrons. The zero-order chi connectivity index (χ0) is 8.36. The van der Waals surface area contributed by atoms with E-state index in [9.17, 15) is 4.79 Å². The summed E-state index contributed by atoms with van der Waals surface area (Å²) in [5.74, 6) is -2.15. The highest BCUT2D eigenvalue weighted by atomic mass is 16.6. The van der Waals surface area contributed by atoms with E-state index >= 15 is 0 Å². The van der Waals surface area contributed by atoms with Crippen LogP contribution >= 0.6 is 0 Å². The molecular weight excluding hydrogens is 134 g/mol. The first-order valence-electron chi connectivity index (χ1n) is 2.91. The lowest BCUT2D eigenvalue weighted by Gasteiger charge is -2.23. The third-order valence-corrected chi connectivity index (χ3v) is 1.20. The summed E-state index contributed by atoms with van der Waals surface area (Å²) in [6, 6.07) is 0. The molecule has 0 spiro atoms. The molecule has 4 heteroatoms. The minimum absolute atomic E-state index is 0.463. The quantitative estimate of drug-likeness (QED) is 0.532. The number of amides is 1. The van der Waals surface area contributed by atoms with Gasteiger partial charge in [-0.25, -0.2) is 0 Å². The number of rotatable bonds is 2. The van der Waals surface area contributed by atoms with Crippen LogP contribution in [0.2, 0.25) is 0 Å². The second-order valence-electron chi connectivity index (χ2n) is 2.39. The minimum atomic E-state index is -1.69. The lowest BCUT2D eigenvalue weighted by atomic mass is 10.3. The Morgan fingerprint density at radius 2 is 2.00 bits per heavy atom. The number of aliphatic hydroxyl groups is 1. The Morgan fingerprint density at radius 1 is 1.60 bits per heavy atom. The second kappa shape index (κ2) is 2.98. The number of hydrogen-bond donors (Lipinski definition) is 1. The normalized spacial score (nSPS) is 16.1. The number of ether oxygens (including phenoxy) is 1. The Balaban J connectivity index is 4.19. The van der Waals surface area contributed by atoms with E-state index in [1.54, 1.807) is 14.1 Å². The first kappa shape index (κ1) is 9.39. The largest absolute Gasteiger partial charge is 0.358 e. The lowest BCUT2D eigenvalue weighted by Crippen LogP contribution is -2.45. The highest BCUT2D eigenvalue weighted by Gasteiger charge is 2.31. The highest BCUT2D eigenvalue weighted by molar-refractivity contribution is 5.82. The van der Waals surface area contributed by atoms with Gasteiger partial charge in [0.2, 0.25) is 5.79 Å². The molecule has 0 aliphatic rings. The first-order valence-corrected chi connectivity index (χ1v) is 2.91. The van der Waals surface area contributed by atoms with Crippen LogP contribution in [0, 0.1) is 0 Å². The molecule has 0 saturated carbocycles. The summed E-state index contributed by atoms with van der Waals surface area (Å²) in [7, 11) is 4.38. The number of carbonyl (C=O) groups excluding carboxylic acids is 1.